The van der Waals surface area contributed by atoms with Gasteiger partial charge >= 0.3 is 0 Å². The van der Waals surface area contributed by atoms with Crippen LogP contribution in [0.3, 0.4) is 0 Å². The number of rotatable bonds is 5. The molecule has 1 saturated heterocycles. The molecular weight excluding hydrogens is 220 g/mol. The number of nitrogens with one attached hydrogen (secondary N) is 1. The minimum atomic E-state index is -0.634. The van der Waals surface area contributed by atoms with E-state index in [1.165, 1.54) is 18.6 Å². The molecule has 0 aromatic rings. The van der Waals surface area contributed by atoms with Crippen molar-refractivity contribution in [2.75, 3.05) is 32.9 Å². The molecule has 0 aromatic heterocycles. The van der Waals surface area contributed by atoms with E-state index < -0.39 is 5.60 Å². The lowest BCUT2D eigenvalue weighted by Crippen LogP contribution is -2.50. The van der Waals surface area contributed by atoms with Crippen molar-refractivity contribution in [3.05, 3.63) is 0 Å². The fourth-order valence-corrected chi connectivity index (χ4v) is 3.45. The highest BCUT2D eigenvalue weighted by atomic mass is 32.2. The van der Waals surface area contributed by atoms with Crippen molar-refractivity contribution in [3.8, 4) is 0 Å². The van der Waals surface area contributed by atoms with Crippen LogP contribution in [0.5, 0.6) is 0 Å². The summed E-state index contributed by atoms with van der Waals surface area (Å²) in [6.45, 7) is 5.57. The van der Waals surface area contributed by atoms with E-state index in [2.05, 4.69) is 12.2 Å². The highest BCUT2D eigenvalue weighted by molar-refractivity contribution is 7.99. The van der Waals surface area contributed by atoms with Crippen LogP contribution in [0, 0.1) is 0 Å². The molecule has 3 atom stereocenters. The lowest BCUT2D eigenvalue weighted by atomic mass is 10.0. The summed E-state index contributed by atoms with van der Waals surface area (Å²) in [5, 5.41) is 14.4. The second-order valence-corrected chi connectivity index (χ2v) is 6.93. The van der Waals surface area contributed by atoms with E-state index in [-0.39, 0.29) is 0 Å². The molecule has 0 aromatic carbocycles. The average Bonchev–Trinajstić information content (AvgIpc) is 2.14. The van der Waals surface area contributed by atoms with Crippen LogP contribution in [0.15, 0.2) is 0 Å². The Hall–Kier alpha value is 0.230. The molecule has 2 N–H and O–H groups in total. The zero-order valence-corrected chi connectivity index (χ0v) is 11.8. The van der Waals surface area contributed by atoms with Crippen LogP contribution in [0.1, 0.15) is 26.7 Å². The second kappa shape index (κ2) is 6.24. The summed E-state index contributed by atoms with van der Waals surface area (Å²) in [6.07, 6.45) is 2.54. The quantitative estimate of drug-likeness (QED) is 0.763. The van der Waals surface area contributed by atoms with Crippen LogP contribution in [-0.2, 0) is 0 Å². The summed E-state index contributed by atoms with van der Waals surface area (Å²) in [4.78, 5) is 2.03. The van der Waals surface area contributed by atoms with Gasteiger partial charge in [0.15, 0.2) is 0 Å². The first-order chi connectivity index (χ1) is 7.41. The summed E-state index contributed by atoms with van der Waals surface area (Å²) in [7, 11) is 3.99. The van der Waals surface area contributed by atoms with Crippen LogP contribution in [0.25, 0.3) is 0 Å². The Morgan fingerprint density at radius 1 is 1.50 bits per heavy atom. The Balaban J connectivity index is 2.31. The number of thioether (sulfide) groups is 1. The van der Waals surface area contributed by atoms with Gasteiger partial charge in [-0.3, -0.25) is 0 Å². The Bertz CT molecular complexity index is 209. The molecule has 0 radical (unpaired) electrons. The van der Waals surface area contributed by atoms with Gasteiger partial charge in [0.2, 0.25) is 0 Å². The third-order valence-electron chi connectivity index (χ3n) is 3.01. The lowest BCUT2D eigenvalue weighted by Gasteiger charge is -2.33. The number of hydrogen-bond acceptors (Lipinski definition) is 4. The molecule has 96 valence electrons. The Labute approximate surface area is 104 Å². The van der Waals surface area contributed by atoms with E-state index in [0.717, 1.165) is 0 Å². The van der Waals surface area contributed by atoms with Gasteiger partial charge in [-0.2, -0.15) is 11.8 Å². The monoisotopic (exact) mass is 246 g/mol. The van der Waals surface area contributed by atoms with Gasteiger partial charge < -0.3 is 15.3 Å². The van der Waals surface area contributed by atoms with E-state index in [9.17, 15) is 5.11 Å². The molecule has 3 unspecified atom stereocenters. The standard InChI is InChI=1S/C12H26N2OS/c1-10-11(6-5-7-16-10)13-8-12(2,15)9-14(3)4/h10-11,13,15H,5-9H2,1-4H3. The first kappa shape index (κ1) is 14.3. The predicted octanol–water partition coefficient (Wildman–Crippen LogP) is 1.17. The van der Waals surface area contributed by atoms with Crippen molar-refractivity contribution in [1.29, 1.82) is 0 Å². The van der Waals surface area contributed by atoms with Crippen molar-refractivity contribution in [3.63, 3.8) is 0 Å². The molecule has 16 heavy (non-hydrogen) atoms. The maximum atomic E-state index is 10.2. The highest BCUT2D eigenvalue weighted by Gasteiger charge is 2.26. The molecule has 1 rings (SSSR count). The average molecular weight is 246 g/mol. The SMILES string of the molecule is CC1SCCCC1NCC(C)(O)CN(C)C. The smallest absolute Gasteiger partial charge is 0.0869 e. The molecule has 1 aliphatic rings. The molecule has 1 heterocycles. The van der Waals surface area contributed by atoms with Crippen molar-refractivity contribution in [1.82, 2.24) is 10.2 Å². The van der Waals surface area contributed by atoms with Crippen molar-refractivity contribution < 1.29 is 5.11 Å². The van der Waals surface area contributed by atoms with Crippen LogP contribution >= 0.6 is 11.8 Å². The molecule has 1 fully saturated rings. The Morgan fingerprint density at radius 3 is 2.75 bits per heavy atom. The van der Waals surface area contributed by atoms with Gasteiger partial charge in [0.25, 0.3) is 0 Å². The molecule has 3 nitrogen and oxygen atoms in total. The predicted molar refractivity (Wildman–Crippen MR) is 72.1 cm³/mol. The zero-order valence-electron chi connectivity index (χ0n) is 11.0. The van der Waals surface area contributed by atoms with Gasteiger partial charge in [0.05, 0.1) is 5.60 Å². The van der Waals surface area contributed by atoms with E-state index in [1.807, 2.05) is 37.7 Å². The zero-order chi connectivity index (χ0) is 12.2. The van der Waals surface area contributed by atoms with Crippen molar-refractivity contribution in [2.24, 2.45) is 0 Å². The Kier molecular flexibility index (Phi) is 5.57. The summed E-state index contributed by atoms with van der Waals surface area (Å²) < 4.78 is 0. The first-order valence-corrected chi connectivity index (χ1v) is 7.18. The minimum Gasteiger partial charge on any atom is -0.388 e. The molecular formula is C12H26N2OS. The third-order valence-corrected chi connectivity index (χ3v) is 4.39. The largest absolute Gasteiger partial charge is 0.388 e. The number of likely N-dealkylation sites (N-methyl/N-ethyl adjacent to an activating group) is 1. The number of aliphatic hydroxyl groups is 1. The van der Waals surface area contributed by atoms with E-state index in [4.69, 9.17) is 0 Å². The van der Waals surface area contributed by atoms with Gasteiger partial charge in [-0.25, -0.2) is 0 Å². The van der Waals surface area contributed by atoms with Crippen LogP contribution in [-0.4, -0.2) is 59.8 Å². The molecule has 0 amide bonds. The third kappa shape index (κ3) is 5.04. The fraction of sp³-hybridized carbons (Fsp3) is 1.00. The number of hydrogen-bond donors (Lipinski definition) is 2. The summed E-state index contributed by atoms with van der Waals surface area (Å²) >= 11 is 2.04. The van der Waals surface area contributed by atoms with Crippen molar-refractivity contribution in [2.45, 2.75) is 43.6 Å². The van der Waals surface area contributed by atoms with E-state index in [0.29, 0.717) is 24.4 Å². The van der Waals surface area contributed by atoms with E-state index >= 15 is 0 Å². The number of nitrogens with zero attached hydrogens (tertiary/aromatic N) is 1. The first-order valence-electron chi connectivity index (χ1n) is 6.13. The molecule has 0 saturated carbocycles. The van der Waals surface area contributed by atoms with Crippen molar-refractivity contribution >= 4 is 11.8 Å². The molecule has 0 aliphatic carbocycles. The van der Waals surface area contributed by atoms with E-state index in [1.54, 1.807) is 0 Å². The topological polar surface area (TPSA) is 35.5 Å². The van der Waals surface area contributed by atoms with Gasteiger partial charge in [-0.15, -0.1) is 0 Å². The highest BCUT2D eigenvalue weighted by Crippen LogP contribution is 2.25. The summed E-state index contributed by atoms with van der Waals surface area (Å²) in [5.41, 5.74) is -0.634. The Morgan fingerprint density at radius 2 is 2.19 bits per heavy atom. The summed E-state index contributed by atoms with van der Waals surface area (Å²) in [6, 6.07) is 0.562. The maximum absolute atomic E-state index is 10.2. The van der Waals surface area contributed by atoms with Gasteiger partial charge in [-0.05, 0) is 39.6 Å². The van der Waals surface area contributed by atoms with Gasteiger partial charge in [0.1, 0.15) is 0 Å². The molecule has 4 heteroatoms. The van der Waals surface area contributed by atoms with Gasteiger partial charge in [-0.1, -0.05) is 6.92 Å². The second-order valence-electron chi connectivity index (χ2n) is 5.44. The van der Waals surface area contributed by atoms with Crippen LogP contribution < -0.4 is 5.32 Å². The fourth-order valence-electron chi connectivity index (χ4n) is 2.28. The molecule has 1 aliphatic heterocycles. The normalized spacial score (nSPS) is 30.4. The van der Waals surface area contributed by atoms with Gasteiger partial charge in [0, 0.05) is 24.4 Å². The molecule has 0 spiro atoms. The lowest BCUT2D eigenvalue weighted by molar-refractivity contribution is 0.0310. The molecule has 0 bridgehead atoms. The van der Waals surface area contributed by atoms with Crippen LogP contribution in [0.2, 0.25) is 0 Å². The minimum absolute atomic E-state index is 0.562. The summed E-state index contributed by atoms with van der Waals surface area (Å²) in [5.74, 6) is 1.29. The maximum Gasteiger partial charge on any atom is 0.0869 e. The van der Waals surface area contributed by atoms with Crippen LogP contribution in [0.4, 0.5) is 0 Å².